The van der Waals surface area contributed by atoms with Crippen molar-refractivity contribution in [1.82, 2.24) is 0 Å². The topological polar surface area (TPSA) is 34.1 Å². The van der Waals surface area contributed by atoms with Crippen LogP contribution in [-0.4, -0.2) is 74.9 Å². The zero-order valence-electron chi connectivity index (χ0n) is 20.6. The van der Waals surface area contributed by atoms with Crippen LogP contribution in [0, 0.1) is 0 Å². The molecule has 2 heterocycles. The third-order valence-electron chi connectivity index (χ3n) is 5.20. The molecule has 2 saturated heterocycles. The molecule has 2 aliphatic heterocycles. The lowest BCUT2D eigenvalue weighted by Gasteiger charge is -2.23. The van der Waals surface area contributed by atoms with Crippen LogP contribution >= 0.6 is 94.1 Å². The van der Waals surface area contributed by atoms with Crippen LogP contribution in [-0.2, 0) is 9.59 Å². The minimum Gasteiger partial charge on any atom is -0.282 e. The Hall–Kier alpha value is 1.62. The van der Waals surface area contributed by atoms with Gasteiger partial charge in [-0.2, -0.15) is 23.5 Å². The van der Waals surface area contributed by atoms with Crippen LogP contribution in [0.25, 0.3) is 0 Å². The highest BCUT2D eigenvalue weighted by atomic mass is 32.2. The van der Waals surface area contributed by atoms with E-state index >= 15 is 0 Å². The summed E-state index contributed by atoms with van der Waals surface area (Å²) in [5, 5.41) is 2.80. The first-order valence-electron chi connectivity index (χ1n) is 11.7. The van der Waals surface area contributed by atoms with E-state index in [0.717, 1.165) is 23.0 Å². The summed E-state index contributed by atoms with van der Waals surface area (Å²) >= 11 is 15.5. The van der Waals surface area contributed by atoms with Crippen molar-refractivity contribution in [2.24, 2.45) is 0 Å². The monoisotopic (exact) mass is 614 g/mol. The normalized spacial score (nSPS) is 26.4. The molecule has 0 saturated carbocycles. The van der Waals surface area contributed by atoms with E-state index in [2.05, 4.69) is 97.6 Å². The van der Waals surface area contributed by atoms with Gasteiger partial charge in [0.1, 0.15) is 0 Å². The molecule has 0 N–H and O–H groups in total. The van der Waals surface area contributed by atoms with Gasteiger partial charge in [0.05, 0.1) is 9.16 Å². The Morgan fingerprint density at radius 3 is 1.50 bits per heavy atom. The van der Waals surface area contributed by atoms with Crippen LogP contribution in [0.3, 0.4) is 0 Å². The van der Waals surface area contributed by atoms with Crippen LogP contribution in [0.4, 0.5) is 0 Å². The quantitative estimate of drug-likeness (QED) is 0.134. The molecule has 0 aromatic carbocycles. The molecule has 0 amide bonds. The van der Waals surface area contributed by atoms with Gasteiger partial charge >= 0.3 is 0 Å². The van der Waals surface area contributed by atoms with Gasteiger partial charge in [-0.25, -0.2) is 0 Å². The largest absolute Gasteiger partial charge is 0.282 e. The fraction of sp³-hybridized carbons (Fsp3) is 0.750. The fourth-order valence-corrected chi connectivity index (χ4v) is 16.5. The van der Waals surface area contributed by atoms with E-state index in [1.165, 1.54) is 47.9 Å². The summed E-state index contributed by atoms with van der Waals surface area (Å²) < 4.78 is 1.29. The molecule has 10 heteroatoms. The SMILES string of the molecule is C=C(C)C(=O)SCC1CSC(C(CC)SCCSC(CC)C2SCC(CSC(=O)C(=C)C)S2)S1. The highest BCUT2D eigenvalue weighted by Gasteiger charge is 2.33. The van der Waals surface area contributed by atoms with Gasteiger partial charge in [0.2, 0.25) is 10.2 Å². The van der Waals surface area contributed by atoms with Gasteiger partial charge < -0.3 is 0 Å². The average Bonchev–Trinajstić information content (AvgIpc) is 3.48. The summed E-state index contributed by atoms with van der Waals surface area (Å²) in [4.78, 5) is 23.7. The number of carbonyl (C=O) groups is 2. The number of hydrogen-bond acceptors (Lipinski definition) is 10. The van der Waals surface area contributed by atoms with Crippen molar-refractivity contribution in [3.63, 3.8) is 0 Å². The van der Waals surface area contributed by atoms with E-state index < -0.39 is 0 Å². The number of rotatable bonds is 15. The molecule has 194 valence electrons. The highest BCUT2D eigenvalue weighted by Crippen LogP contribution is 2.47. The smallest absolute Gasteiger partial charge is 0.214 e. The molecule has 2 rings (SSSR count). The molecule has 0 aliphatic carbocycles. The first-order valence-corrected chi connectivity index (χ1v) is 19.7. The van der Waals surface area contributed by atoms with Crippen LogP contribution in [0.15, 0.2) is 24.3 Å². The fourth-order valence-electron chi connectivity index (χ4n) is 3.27. The van der Waals surface area contributed by atoms with Gasteiger partial charge in [-0.1, -0.05) is 50.5 Å². The van der Waals surface area contributed by atoms with Crippen molar-refractivity contribution < 1.29 is 9.59 Å². The summed E-state index contributed by atoms with van der Waals surface area (Å²) in [6.07, 6.45) is 2.41. The first kappa shape index (κ1) is 31.8. The minimum absolute atomic E-state index is 0.141. The van der Waals surface area contributed by atoms with Crippen LogP contribution in [0.1, 0.15) is 40.5 Å². The maximum atomic E-state index is 11.8. The predicted octanol–water partition coefficient (Wildman–Crippen LogP) is 8.03. The molecule has 6 atom stereocenters. The van der Waals surface area contributed by atoms with Crippen molar-refractivity contribution in [3.05, 3.63) is 24.3 Å². The van der Waals surface area contributed by atoms with Crippen LogP contribution < -0.4 is 0 Å². The molecule has 0 spiro atoms. The van der Waals surface area contributed by atoms with Gasteiger partial charge in [0, 0.05) is 55.5 Å². The lowest BCUT2D eigenvalue weighted by molar-refractivity contribution is -0.108. The molecule has 0 aromatic rings. The van der Waals surface area contributed by atoms with Gasteiger partial charge in [-0.3, -0.25) is 9.59 Å². The molecule has 2 fully saturated rings. The lowest BCUT2D eigenvalue weighted by atomic mass is 10.4. The molecule has 0 bridgehead atoms. The van der Waals surface area contributed by atoms with Gasteiger partial charge in [0.25, 0.3) is 0 Å². The average molecular weight is 615 g/mol. The van der Waals surface area contributed by atoms with Crippen molar-refractivity contribution in [2.75, 3.05) is 34.5 Å². The summed E-state index contributed by atoms with van der Waals surface area (Å²) in [5.74, 6) is 6.55. The molecule has 0 aromatic heterocycles. The van der Waals surface area contributed by atoms with Gasteiger partial charge in [0.15, 0.2) is 0 Å². The van der Waals surface area contributed by atoms with E-state index in [0.29, 0.717) is 41.3 Å². The molecule has 34 heavy (non-hydrogen) atoms. The second-order valence-electron chi connectivity index (χ2n) is 8.31. The van der Waals surface area contributed by atoms with Crippen molar-refractivity contribution in [1.29, 1.82) is 0 Å². The highest BCUT2D eigenvalue weighted by molar-refractivity contribution is 8.23. The Labute approximate surface area is 241 Å². The Morgan fingerprint density at radius 2 is 1.18 bits per heavy atom. The Kier molecular flexibility index (Phi) is 16.2. The van der Waals surface area contributed by atoms with E-state index in [1.54, 1.807) is 13.8 Å². The standard InChI is InChI=1S/C24H38O2S8/c1-7-19(23-31-13-17(33-23)11-29-21(25)15(3)4)27-9-10-28-20(8-2)24-32-14-18(34-24)12-30-22(26)16(5)6/h17-20,23-24H,3,5,7-14H2,1-2,4,6H3. The molecule has 2 aliphatic rings. The second-order valence-corrected chi connectivity index (χ2v) is 18.8. The summed E-state index contributed by atoms with van der Waals surface area (Å²) in [5.41, 5.74) is 1.31. The minimum atomic E-state index is 0.141. The molecule has 6 unspecified atom stereocenters. The zero-order chi connectivity index (χ0) is 25.1. The van der Waals surface area contributed by atoms with E-state index in [-0.39, 0.29) is 10.2 Å². The summed E-state index contributed by atoms with van der Waals surface area (Å²) in [6.45, 7) is 15.7. The van der Waals surface area contributed by atoms with E-state index in [1.807, 2.05) is 0 Å². The number of hydrogen-bond donors (Lipinski definition) is 0. The Balaban J connectivity index is 1.66. The zero-order valence-corrected chi connectivity index (χ0v) is 27.1. The summed E-state index contributed by atoms with van der Waals surface area (Å²) in [7, 11) is 0. The third kappa shape index (κ3) is 11.2. The Morgan fingerprint density at radius 1 is 0.794 bits per heavy atom. The summed E-state index contributed by atoms with van der Waals surface area (Å²) in [6, 6.07) is 0. The van der Waals surface area contributed by atoms with Crippen molar-refractivity contribution in [3.8, 4) is 0 Å². The Bertz CT molecular complexity index is 642. The van der Waals surface area contributed by atoms with Crippen LogP contribution in [0.5, 0.6) is 0 Å². The first-order chi connectivity index (χ1) is 16.2. The van der Waals surface area contributed by atoms with Crippen molar-refractivity contribution >= 4 is 104 Å². The van der Waals surface area contributed by atoms with Crippen LogP contribution in [0.2, 0.25) is 0 Å². The van der Waals surface area contributed by atoms with Gasteiger partial charge in [-0.15, -0.1) is 47.0 Å². The van der Waals surface area contributed by atoms with Crippen molar-refractivity contribution in [2.45, 2.75) is 70.7 Å². The number of thioether (sulfide) groups is 8. The molecular formula is C24H38O2S8. The van der Waals surface area contributed by atoms with Gasteiger partial charge in [-0.05, 0) is 37.8 Å². The predicted molar refractivity (Wildman–Crippen MR) is 173 cm³/mol. The molecular weight excluding hydrogens is 577 g/mol. The maximum absolute atomic E-state index is 11.8. The third-order valence-corrected chi connectivity index (χ3v) is 18.9. The molecule has 0 radical (unpaired) electrons. The van der Waals surface area contributed by atoms with E-state index in [9.17, 15) is 9.59 Å². The molecule has 2 nitrogen and oxygen atoms in total. The second kappa shape index (κ2) is 17.3. The maximum Gasteiger partial charge on any atom is 0.214 e. The lowest BCUT2D eigenvalue weighted by Crippen LogP contribution is -2.18. The van der Waals surface area contributed by atoms with E-state index in [4.69, 9.17) is 0 Å². The number of carbonyl (C=O) groups excluding carboxylic acids is 2.